The normalized spacial score (nSPS) is 14.2. The van der Waals surface area contributed by atoms with Gasteiger partial charge in [0.2, 0.25) is 11.8 Å². The predicted octanol–water partition coefficient (Wildman–Crippen LogP) is 1.87. The average Bonchev–Trinajstić information content (AvgIpc) is 2.79. The van der Waals surface area contributed by atoms with Gasteiger partial charge in [-0.1, -0.05) is 25.5 Å². The maximum absolute atomic E-state index is 11.6. The van der Waals surface area contributed by atoms with Gasteiger partial charge in [-0.25, -0.2) is 4.79 Å². The molecule has 0 unspecified atom stereocenters. The molecule has 1 heterocycles. The van der Waals surface area contributed by atoms with Gasteiger partial charge in [-0.2, -0.15) is 0 Å². The summed E-state index contributed by atoms with van der Waals surface area (Å²) in [5, 5.41) is 5.29. The molecule has 0 atom stereocenters. The van der Waals surface area contributed by atoms with E-state index in [4.69, 9.17) is 0 Å². The highest BCUT2D eigenvalue weighted by molar-refractivity contribution is 6.01. The van der Waals surface area contributed by atoms with Gasteiger partial charge in [-0.15, -0.1) is 0 Å². The van der Waals surface area contributed by atoms with Crippen molar-refractivity contribution in [3.8, 4) is 0 Å². The van der Waals surface area contributed by atoms with Gasteiger partial charge in [0.1, 0.15) is 0 Å². The Morgan fingerprint density at radius 1 is 1.29 bits per heavy atom. The first kappa shape index (κ1) is 15.0. The summed E-state index contributed by atoms with van der Waals surface area (Å²) < 4.78 is 0. The van der Waals surface area contributed by atoms with E-state index >= 15 is 0 Å². The molecule has 0 saturated carbocycles. The van der Waals surface area contributed by atoms with Gasteiger partial charge >= 0.3 is 6.03 Å². The molecule has 0 spiro atoms. The lowest BCUT2D eigenvalue weighted by molar-refractivity contribution is -0.125. The van der Waals surface area contributed by atoms with Crippen molar-refractivity contribution < 1.29 is 14.4 Å². The highest BCUT2D eigenvalue weighted by atomic mass is 16.2. The summed E-state index contributed by atoms with van der Waals surface area (Å²) in [6, 6.07) is 6.79. The standard InChI is InChI=1S/C15H19N3O3/c1-2-3-4-13(19)17-12-7-5-11(6-8-12)10-18-14(20)9-16-15(18)21/h5-8H,2-4,9-10H2,1H3,(H,16,21)(H,17,19). The topological polar surface area (TPSA) is 78.5 Å². The molecule has 21 heavy (non-hydrogen) atoms. The van der Waals surface area contributed by atoms with Gasteiger partial charge in [-0.3, -0.25) is 14.5 Å². The number of anilines is 1. The zero-order valence-electron chi connectivity index (χ0n) is 12.0. The van der Waals surface area contributed by atoms with Gasteiger partial charge in [0.15, 0.2) is 0 Å². The molecule has 0 radical (unpaired) electrons. The number of carbonyl (C=O) groups is 3. The first-order valence-electron chi connectivity index (χ1n) is 7.07. The lowest BCUT2D eigenvalue weighted by atomic mass is 10.2. The van der Waals surface area contributed by atoms with Crippen molar-refractivity contribution in [3.05, 3.63) is 29.8 Å². The van der Waals surface area contributed by atoms with Crippen molar-refractivity contribution in [1.29, 1.82) is 0 Å². The van der Waals surface area contributed by atoms with E-state index in [0.717, 1.165) is 24.1 Å². The van der Waals surface area contributed by atoms with Crippen LogP contribution in [0.15, 0.2) is 24.3 Å². The number of nitrogens with one attached hydrogen (secondary N) is 2. The Balaban J connectivity index is 1.91. The Morgan fingerprint density at radius 2 is 2.00 bits per heavy atom. The number of benzene rings is 1. The molecule has 0 aliphatic carbocycles. The summed E-state index contributed by atoms with van der Waals surface area (Å²) in [5.41, 5.74) is 1.56. The molecule has 1 aromatic rings. The van der Waals surface area contributed by atoms with E-state index in [1.165, 1.54) is 4.90 Å². The van der Waals surface area contributed by atoms with Gasteiger partial charge in [0.25, 0.3) is 0 Å². The molecule has 112 valence electrons. The molecule has 0 aromatic heterocycles. The number of hydrogen-bond donors (Lipinski definition) is 2. The van der Waals surface area contributed by atoms with Crippen LogP contribution in [0.25, 0.3) is 0 Å². The van der Waals surface area contributed by atoms with Gasteiger partial charge in [-0.05, 0) is 24.1 Å². The Hall–Kier alpha value is -2.37. The largest absolute Gasteiger partial charge is 0.329 e. The summed E-state index contributed by atoms with van der Waals surface area (Å²) in [7, 11) is 0. The minimum atomic E-state index is -0.364. The molecule has 1 aliphatic heterocycles. The number of amides is 4. The van der Waals surface area contributed by atoms with E-state index in [-0.39, 0.29) is 30.9 Å². The Kier molecular flexibility index (Phi) is 4.92. The van der Waals surface area contributed by atoms with E-state index in [1.807, 2.05) is 6.92 Å². The fourth-order valence-electron chi connectivity index (χ4n) is 2.05. The third kappa shape index (κ3) is 4.05. The van der Waals surface area contributed by atoms with E-state index in [2.05, 4.69) is 10.6 Å². The molecular weight excluding hydrogens is 270 g/mol. The Morgan fingerprint density at radius 3 is 2.57 bits per heavy atom. The van der Waals surface area contributed by atoms with Crippen LogP contribution in [0.3, 0.4) is 0 Å². The third-order valence-corrected chi connectivity index (χ3v) is 3.27. The van der Waals surface area contributed by atoms with Crippen LogP contribution in [-0.2, 0) is 16.1 Å². The number of imide groups is 1. The SMILES string of the molecule is CCCCC(=O)Nc1ccc(CN2C(=O)CNC2=O)cc1. The summed E-state index contributed by atoms with van der Waals surface area (Å²) in [6.07, 6.45) is 2.37. The zero-order chi connectivity index (χ0) is 15.2. The molecule has 2 N–H and O–H groups in total. The van der Waals surface area contributed by atoms with Gasteiger partial charge < -0.3 is 10.6 Å². The molecule has 4 amide bonds. The maximum Gasteiger partial charge on any atom is 0.324 e. The highest BCUT2D eigenvalue weighted by Crippen LogP contribution is 2.13. The molecule has 6 nitrogen and oxygen atoms in total. The lowest BCUT2D eigenvalue weighted by Crippen LogP contribution is -2.30. The van der Waals surface area contributed by atoms with Crippen LogP contribution in [0.1, 0.15) is 31.7 Å². The molecule has 6 heteroatoms. The predicted molar refractivity (Wildman–Crippen MR) is 78.5 cm³/mol. The second-order valence-electron chi connectivity index (χ2n) is 4.99. The number of nitrogens with zero attached hydrogens (tertiary/aromatic N) is 1. The first-order chi connectivity index (χ1) is 10.1. The summed E-state index contributed by atoms with van der Waals surface area (Å²) in [5.74, 6) is -0.226. The molecule has 0 bridgehead atoms. The fraction of sp³-hybridized carbons (Fsp3) is 0.400. The van der Waals surface area contributed by atoms with E-state index in [9.17, 15) is 14.4 Å². The number of urea groups is 1. The van der Waals surface area contributed by atoms with Crippen molar-refractivity contribution in [2.75, 3.05) is 11.9 Å². The second kappa shape index (κ2) is 6.88. The molecule has 1 saturated heterocycles. The minimum Gasteiger partial charge on any atom is -0.329 e. The average molecular weight is 289 g/mol. The second-order valence-corrected chi connectivity index (χ2v) is 4.99. The van der Waals surface area contributed by atoms with Crippen molar-refractivity contribution in [1.82, 2.24) is 10.2 Å². The number of hydrogen-bond acceptors (Lipinski definition) is 3. The van der Waals surface area contributed by atoms with Crippen LogP contribution in [0, 0.1) is 0 Å². The first-order valence-corrected chi connectivity index (χ1v) is 7.07. The fourth-order valence-corrected chi connectivity index (χ4v) is 2.05. The quantitative estimate of drug-likeness (QED) is 0.785. The molecule has 1 aliphatic rings. The summed E-state index contributed by atoms with van der Waals surface area (Å²) in [6.45, 7) is 2.34. The zero-order valence-corrected chi connectivity index (χ0v) is 12.0. The van der Waals surface area contributed by atoms with Crippen LogP contribution < -0.4 is 10.6 Å². The Labute approximate surface area is 123 Å². The van der Waals surface area contributed by atoms with Crippen molar-refractivity contribution in [2.24, 2.45) is 0 Å². The molecule has 2 rings (SSSR count). The van der Waals surface area contributed by atoms with Crippen LogP contribution >= 0.6 is 0 Å². The highest BCUT2D eigenvalue weighted by Gasteiger charge is 2.28. The molecule has 1 fully saturated rings. The number of rotatable bonds is 6. The van der Waals surface area contributed by atoms with Gasteiger partial charge in [0.05, 0.1) is 13.1 Å². The van der Waals surface area contributed by atoms with Crippen LogP contribution in [0.4, 0.5) is 10.5 Å². The monoisotopic (exact) mass is 289 g/mol. The van der Waals surface area contributed by atoms with Crippen molar-refractivity contribution in [3.63, 3.8) is 0 Å². The van der Waals surface area contributed by atoms with Crippen LogP contribution in [0.5, 0.6) is 0 Å². The van der Waals surface area contributed by atoms with Crippen molar-refractivity contribution >= 4 is 23.5 Å². The van der Waals surface area contributed by atoms with Crippen LogP contribution in [0.2, 0.25) is 0 Å². The smallest absolute Gasteiger partial charge is 0.324 e. The van der Waals surface area contributed by atoms with Gasteiger partial charge in [0, 0.05) is 12.1 Å². The minimum absolute atomic E-state index is 0.00121. The Bertz CT molecular complexity index is 524. The number of carbonyl (C=O) groups excluding carboxylic acids is 3. The number of unbranched alkanes of at least 4 members (excludes halogenated alkanes) is 1. The molecular formula is C15H19N3O3. The van der Waals surface area contributed by atoms with Crippen LogP contribution in [-0.4, -0.2) is 29.3 Å². The van der Waals surface area contributed by atoms with Crippen molar-refractivity contribution in [2.45, 2.75) is 32.7 Å². The maximum atomic E-state index is 11.6. The van der Waals surface area contributed by atoms with E-state index in [0.29, 0.717) is 6.42 Å². The van der Waals surface area contributed by atoms with E-state index < -0.39 is 0 Å². The summed E-state index contributed by atoms with van der Waals surface area (Å²) >= 11 is 0. The molecule has 1 aromatic carbocycles. The summed E-state index contributed by atoms with van der Waals surface area (Å²) in [4.78, 5) is 35.7. The van der Waals surface area contributed by atoms with E-state index in [1.54, 1.807) is 24.3 Å². The lowest BCUT2D eigenvalue weighted by Gasteiger charge is -2.12. The third-order valence-electron chi connectivity index (χ3n) is 3.27.